The Kier molecular flexibility index (Phi) is 8.69. The largest absolute Gasteiger partial charge is 0.381 e. The zero-order valence-corrected chi connectivity index (χ0v) is 19.4. The highest BCUT2D eigenvalue weighted by molar-refractivity contribution is 5.74. The van der Waals surface area contributed by atoms with E-state index in [4.69, 9.17) is 4.74 Å². The van der Waals surface area contributed by atoms with Crippen LogP contribution < -0.4 is 5.32 Å². The van der Waals surface area contributed by atoms with Crippen molar-refractivity contribution in [3.05, 3.63) is 35.6 Å². The van der Waals surface area contributed by atoms with E-state index in [-0.39, 0.29) is 23.9 Å². The summed E-state index contributed by atoms with van der Waals surface area (Å²) < 4.78 is 18.6. The molecule has 1 aromatic carbocycles. The van der Waals surface area contributed by atoms with Crippen LogP contribution in [-0.2, 0) is 11.3 Å². The highest BCUT2D eigenvalue weighted by Gasteiger charge is 2.35. The summed E-state index contributed by atoms with van der Waals surface area (Å²) in [4.78, 5) is 32.6. The molecule has 178 valence electrons. The van der Waals surface area contributed by atoms with Gasteiger partial charge < -0.3 is 24.8 Å². The summed E-state index contributed by atoms with van der Waals surface area (Å²) in [6, 6.07) is 6.71. The zero-order valence-electron chi connectivity index (χ0n) is 19.4. The molecule has 2 fully saturated rings. The standard InChI is InChI=1S/C23H36FN5O3/c1-26(2)23(31)28-11-8-21(17-28)29(20-9-14-32-15-10-20)13-12-27(3)22(30)25-16-18-4-6-19(24)7-5-18/h4-7,20-21H,8-17H2,1-3H3,(H,25,30). The second-order valence-electron chi connectivity index (χ2n) is 8.85. The predicted molar refractivity (Wildman–Crippen MR) is 121 cm³/mol. The van der Waals surface area contributed by atoms with E-state index >= 15 is 0 Å². The van der Waals surface area contributed by atoms with E-state index in [9.17, 15) is 14.0 Å². The third kappa shape index (κ3) is 6.56. The van der Waals surface area contributed by atoms with Crippen molar-refractivity contribution < 1.29 is 18.7 Å². The van der Waals surface area contributed by atoms with Gasteiger partial charge >= 0.3 is 12.1 Å². The minimum Gasteiger partial charge on any atom is -0.381 e. The van der Waals surface area contributed by atoms with Gasteiger partial charge in [0.15, 0.2) is 0 Å². The second kappa shape index (κ2) is 11.5. The van der Waals surface area contributed by atoms with Crippen LogP contribution in [-0.4, -0.2) is 104 Å². The Bertz CT molecular complexity index is 755. The number of ether oxygens (including phenoxy) is 1. The van der Waals surface area contributed by atoms with E-state index in [0.29, 0.717) is 19.1 Å². The van der Waals surface area contributed by atoms with Crippen LogP contribution in [0.4, 0.5) is 14.0 Å². The zero-order chi connectivity index (χ0) is 23.1. The minimum absolute atomic E-state index is 0.0525. The van der Waals surface area contributed by atoms with Gasteiger partial charge in [-0.3, -0.25) is 4.90 Å². The summed E-state index contributed by atoms with van der Waals surface area (Å²) in [6.45, 7) is 4.68. The SMILES string of the molecule is CN(C)C(=O)N1CCC(N(CCN(C)C(=O)NCc2ccc(F)cc2)C2CCOCC2)C1. The van der Waals surface area contributed by atoms with E-state index in [2.05, 4.69) is 10.2 Å². The first-order valence-corrected chi connectivity index (χ1v) is 11.4. The molecule has 8 nitrogen and oxygen atoms in total. The van der Waals surface area contributed by atoms with Crippen molar-refractivity contribution in [2.75, 3.05) is 60.5 Å². The number of hydrogen-bond donors (Lipinski definition) is 1. The number of amides is 4. The lowest BCUT2D eigenvalue weighted by atomic mass is 10.0. The van der Waals surface area contributed by atoms with E-state index in [1.807, 2.05) is 4.90 Å². The van der Waals surface area contributed by atoms with Crippen LogP contribution in [0.5, 0.6) is 0 Å². The monoisotopic (exact) mass is 449 g/mol. The Hall–Kier alpha value is -2.39. The summed E-state index contributed by atoms with van der Waals surface area (Å²) in [5, 5.41) is 2.89. The smallest absolute Gasteiger partial charge is 0.319 e. The molecule has 2 heterocycles. The molecule has 4 amide bonds. The molecule has 0 spiro atoms. The maximum Gasteiger partial charge on any atom is 0.319 e. The molecule has 0 saturated carbocycles. The van der Waals surface area contributed by atoms with E-state index in [1.54, 1.807) is 43.1 Å². The van der Waals surface area contributed by atoms with Crippen molar-refractivity contribution in [3.8, 4) is 0 Å². The Balaban J connectivity index is 1.54. The number of likely N-dealkylation sites (N-methyl/N-ethyl adjacent to an activating group) is 1. The van der Waals surface area contributed by atoms with Crippen LogP contribution in [0.1, 0.15) is 24.8 Å². The molecule has 1 N–H and O–H groups in total. The summed E-state index contributed by atoms with van der Waals surface area (Å²) in [5.41, 5.74) is 0.855. The Morgan fingerprint density at radius 1 is 1.06 bits per heavy atom. The van der Waals surface area contributed by atoms with Crippen molar-refractivity contribution >= 4 is 12.1 Å². The van der Waals surface area contributed by atoms with E-state index < -0.39 is 0 Å². The molecule has 3 rings (SSSR count). The molecule has 2 aliphatic rings. The van der Waals surface area contributed by atoms with Gasteiger partial charge in [0.1, 0.15) is 5.82 Å². The first-order valence-electron chi connectivity index (χ1n) is 11.4. The summed E-state index contributed by atoms with van der Waals surface area (Å²) >= 11 is 0. The molecule has 0 aromatic heterocycles. The van der Waals surface area contributed by atoms with Crippen LogP contribution in [0, 0.1) is 5.82 Å². The first-order chi connectivity index (χ1) is 15.3. The minimum atomic E-state index is -0.289. The Morgan fingerprint density at radius 3 is 2.41 bits per heavy atom. The molecule has 9 heteroatoms. The molecule has 32 heavy (non-hydrogen) atoms. The molecule has 2 aliphatic heterocycles. The number of likely N-dealkylation sites (tertiary alicyclic amines) is 1. The number of hydrogen-bond acceptors (Lipinski definition) is 4. The van der Waals surface area contributed by atoms with Gasteiger partial charge in [0.2, 0.25) is 0 Å². The van der Waals surface area contributed by atoms with Gasteiger partial charge in [-0.2, -0.15) is 0 Å². The average Bonchev–Trinajstić information content (AvgIpc) is 3.28. The van der Waals surface area contributed by atoms with Gasteiger partial charge in [0.25, 0.3) is 0 Å². The fourth-order valence-corrected chi connectivity index (χ4v) is 4.43. The van der Waals surface area contributed by atoms with Crippen LogP contribution in [0.2, 0.25) is 0 Å². The second-order valence-corrected chi connectivity index (χ2v) is 8.85. The van der Waals surface area contributed by atoms with Gasteiger partial charge in [0, 0.05) is 79.2 Å². The van der Waals surface area contributed by atoms with Crippen LogP contribution >= 0.6 is 0 Å². The average molecular weight is 450 g/mol. The molecule has 1 aromatic rings. The third-order valence-corrected chi connectivity index (χ3v) is 6.34. The topological polar surface area (TPSA) is 68.4 Å². The molecule has 0 radical (unpaired) electrons. The molecular weight excluding hydrogens is 413 g/mol. The number of carbonyl (C=O) groups excluding carboxylic acids is 2. The number of nitrogens with one attached hydrogen (secondary N) is 1. The van der Waals surface area contributed by atoms with Crippen molar-refractivity contribution in [2.24, 2.45) is 0 Å². The highest BCUT2D eigenvalue weighted by atomic mass is 19.1. The first kappa shape index (κ1) is 24.3. The molecular formula is C23H36FN5O3. The maximum atomic E-state index is 13.0. The lowest BCUT2D eigenvalue weighted by Gasteiger charge is -2.39. The Labute approximate surface area is 190 Å². The van der Waals surface area contributed by atoms with Crippen LogP contribution in [0.15, 0.2) is 24.3 Å². The van der Waals surface area contributed by atoms with Gasteiger partial charge in [-0.25, -0.2) is 14.0 Å². The molecule has 0 bridgehead atoms. The number of urea groups is 2. The van der Waals surface area contributed by atoms with Crippen molar-refractivity contribution in [2.45, 2.75) is 37.9 Å². The molecule has 2 saturated heterocycles. The summed E-state index contributed by atoms with van der Waals surface area (Å²) in [5.74, 6) is -0.289. The van der Waals surface area contributed by atoms with Crippen molar-refractivity contribution in [3.63, 3.8) is 0 Å². The molecule has 0 aliphatic carbocycles. The lowest BCUT2D eigenvalue weighted by molar-refractivity contribution is 0.0163. The fourth-order valence-electron chi connectivity index (χ4n) is 4.43. The highest BCUT2D eigenvalue weighted by Crippen LogP contribution is 2.23. The maximum absolute atomic E-state index is 13.0. The van der Waals surface area contributed by atoms with E-state index in [1.165, 1.54) is 12.1 Å². The van der Waals surface area contributed by atoms with Gasteiger partial charge in [-0.15, -0.1) is 0 Å². The summed E-state index contributed by atoms with van der Waals surface area (Å²) in [6.07, 6.45) is 2.88. The quantitative estimate of drug-likeness (QED) is 0.693. The summed E-state index contributed by atoms with van der Waals surface area (Å²) in [7, 11) is 5.36. The van der Waals surface area contributed by atoms with Gasteiger partial charge in [0.05, 0.1) is 0 Å². The Morgan fingerprint density at radius 2 is 1.75 bits per heavy atom. The van der Waals surface area contributed by atoms with Crippen molar-refractivity contribution in [1.82, 2.24) is 24.9 Å². The fraction of sp³-hybridized carbons (Fsp3) is 0.652. The third-order valence-electron chi connectivity index (χ3n) is 6.34. The normalized spacial score (nSPS) is 19.3. The number of benzene rings is 1. The van der Waals surface area contributed by atoms with Crippen molar-refractivity contribution in [1.29, 1.82) is 0 Å². The lowest BCUT2D eigenvalue weighted by Crippen LogP contribution is -2.51. The van der Waals surface area contributed by atoms with E-state index in [0.717, 1.165) is 57.7 Å². The van der Waals surface area contributed by atoms with Crippen LogP contribution in [0.25, 0.3) is 0 Å². The predicted octanol–water partition coefficient (Wildman–Crippen LogP) is 2.20. The van der Waals surface area contributed by atoms with Gasteiger partial charge in [-0.05, 0) is 37.0 Å². The molecule has 1 atom stereocenters. The molecule has 1 unspecified atom stereocenters. The van der Waals surface area contributed by atoms with Crippen LogP contribution in [0.3, 0.4) is 0 Å². The number of nitrogens with zero attached hydrogens (tertiary/aromatic N) is 4. The number of halogens is 1. The number of carbonyl (C=O) groups is 2. The number of rotatable bonds is 7. The van der Waals surface area contributed by atoms with Gasteiger partial charge in [-0.1, -0.05) is 12.1 Å².